The Hall–Kier alpha value is -1.18. The van der Waals surface area contributed by atoms with Crippen LogP contribution in [0.1, 0.15) is 5.56 Å². The third-order valence-electron chi connectivity index (χ3n) is 1.87. The second kappa shape index (κ2) is 3.29. The van der Waals surface area contributed by atoms with E-state index >= 15 is 0 Å². The molecule has 1 heterocycles. The van der Waals surface area contributed by atoms with E-state index in [1.807, 2.05) is 16.5 Å². The van der Waals surface area contributed by atoms with Crippen LogP contribution < -0.4 is 5.43 Å². The number of rotatable bonds is 1. The van der Waals surface area contributed by atoms with Gasteiger partial charge >= 0.3 is 0 Å². The fourth-order valence-corrected chi connectivity index (χ4v) is 2.18. The van der Waals surface area contributed by atoms with Crippen molar-refractivity contribution in [2.24, 2.45) is 0 Å². The standard InChI is InChI=1S/C9H9N3S/c1-7-3-2-4-8-9(7)13-12(11-8)6-5-10/h2-4,11H,6H2,1H3. The van der Waals surface area contributed by atoms with E-state index in [9.17, 15) is 0 Å². The molecule has 0 atom stereocenters. The van der Waals surface area contributed by atoms with Crippen LogP contribution in [-0.4, -0.2) is 11.0 Å². The number of nitriles is 1. The number of fused-ring (bicyclic) bond motifs is 1. The van der Waals surface area contributed by atoms with Gasteiger partial charge < -0.3 is 5.43 Å². The molecule has 66 valence electrons. The van der Waals surface area contributed by atoms with E-state index in [1.165, 1.54) is 10.5 Å². The van der Waals surface area contributed by atoms with Gasteiger partial charge in [0, 0.05) is 0 Å². The summed E-state index contributed by atoms with van der Waals surface area (Å²) in [5.74, 6) is 0. The fraction of sp³-hybridized carbons (Fsp3) is 0.222. The third-order valence-corrected chi connectivity index (χ3v) is 3.04. The summed E-state index contributed by atoms with van der Waals surface area (Å²) in [5, 5.41) is 8.53. The maximum atomic E-state index is 8.53. The van der Waals surface area contributed by atoms with E-state index in [0.29, 0.717) is 6.54 Å². The lowest BCUT2D eigenvalue weighted by Gasteiger charge is -2.07. The van der Waals surface area contributed by atoms with Gasteiger partial charge in [0.1, 0.15) is 6.54 Å². The molecule has 0 unspecified atom stereocenters. The topological polar surface area (TPSA) is 39.1 Å². The van der Waals surface area contributed by atoms with Crippen molar-refractivity contribution in [1.82, 2.24) is 4.41 Å². The minimum Gasteiger partial charge on any atom is -0.307 e. The lowest BCUT2D eigenvalue weighted by molar-refractivity contribution is 0.642. The number of nitrogens with one attached hydrogen (secondary N) is 1. The number of benzene rings is 1. The van der Waals surface area contributed by atoms with Crippen molar-refractivity contribution in [3.05, 3.63) is 23.8 Å². The van der Waals surface area contributed by atoms with Crippen LogP contribution in [0.25, 0.3) is 0 Å². The number of nitrogens with zero attached hydrogens (tertiary/aromatic N) is 2. The third kappa shape index (κ3) is 1.48. The first-order valence-corrected chi connectivity index (χ1v) is 4.77. The van der Waals surface area contributed by atoms with Gasteiger partial charge in [-0.05, 0) is 30.5 Å². The van der Waals surface area contributed by atoms with Crippen LogP contribution >= 0.6 is 11.9 Å². The molecule has 3 nitrogen and oxygen atoms in total. The Morgan fingerprint density at radius 3 is 3.15 bits per heavy atom. The average Bonchev–Trinajstić information content (AvgIpc) is 2.49. The zero-order chi connectivity index (χ0) is 9.26. The minimum atomic E-state index is 0.388. The molecule has 1 N–H and O–H groups in total. The van der Waals surface area contributed by atoms with Crippen molar-refractivity contribution < 1.29 is 0 Å². The van der Waals surface area contributed by atoms with Crippen molar-refractivity contribution in [3.63, 3.8) is 0 Å². The molecule has 0 bridgehead atoms. The van der Waals surface area contributed by atoms with Crippen LogP contribution in [0.15, 0.2) is 23.1 Å². The minimum absolute atomic E-state index is 0.388. The summed E-state index contributed by atoms with van der Waals surface area (Å²) in [6.45, 7) is 2.46. The second-order valence-corrected chi connectivity index (χ2v) is 3.88. The predicted octanol–water partition coefficient (Wildman–Crippen LogP) is 2.17. The molecule has 0 aromatic heterocycles. The van der Waals surface area contributed by atoms with Crippen molar-refractivity contribution in [1.29, 1.82) is 5.26 Å². The zero-order valence-electron chi connectivity index (χ0n) is 7.24. The van der Waals surface area contributed by atoms with Gasteiger partial charge in [0.15, 0.2) is 0 Å². The Labute approximate surface area is 81.5 Å². The fourth-order valence-electron chi connectivity index (χ4n) is 1.27. The molecule has 2 rings (SSSR count). The van der Waals surface area contributed by atoms with E-state index in [2.05, 4.69) is 24.5 Å². The van der Waals surface area contributed by atoms with Gasteiger partial charge in [0.25, 0.3) is 0 Å². The van der Waals surface area contributed by atoms with Crippen LogP contribution in [0.5, 0.6) is 0 Å². The highest BCUT2D eigenvalue weighted by Crippen LogP contribution is 2.38. The predicted molar refractivity (Wildman–Crippen MR) is 53.0 cm³/mol. The molecule has 0 saturated heterocycles. The second-order valence-electron chi connectivity index (χ2n) is 2.85. The molecular weight excluding hydrogens is 182 g/mol. The van der Waals surface area contributed by atoms with Crippen molar-refractivity contribution in [2.45, 2.75) is 11.8 Å². The summed E-state index contributed by atoms with van der Waals surface area (Å²) >= 11 is 1.59. The van der Waals surface area contributed by atoms with E-state index in [4.69, 9.17) is 5.26 Å². The summed E-state index contributed by atoms with van der Waals surface area (Å²) in [4.78, 5) is 1.22. The smallest absolute Gasteiger partial charge is 0.117 e. The molecule has 1 aliphatic rings. The Bertz CT molecular complexity index is 370. The molecule has 0 radical (unpaired) electrons. The quantitative estimate of drug-likeness (QED) is 0.545. The lowest BCUT2D eigenvalue weighted by atomic mass is 10.2. The molecule has 4 heteroatoms. The molecule has 0 amide bonds. The SMILES string of the molecule is Cc1cccc2c1SN(CC#N)N2. The van der Waals surface area contributed by atoms with Gasteiger partial charge in [-0.15, -0.1) is 4.41 Å². The molecule has 0 aliphatic carbocycles. The van der Waals surface area contributed by atoms with Gasteiger partial charge in [-0.3, -0.25) is 0 Å². The summed E-state index contributed by atoms with van der Waals surface area (Å²) in [6.07, 6.45) is 0. The first-order chi connectivity index (χ1) is 6.31. The highest BCUT2D eigenvalue weighted by atomic mass is 32.2. The molecule has 1 aromatic carbocycles. The normalized spacial score (nSPS) is 14.8. The van der Waals surface area contributed by atoms with Gasteiger partial charge in [0.05, 0.1) is 16.7 Å². The van der Waals surface area contributed by atoms with Crippen LogP contribution in [0, 0.1) is 18.3 Å². The number of aryl methyl sites for hydroxylation is 1. The molecule has 13 heavy (non-hydrogen) atoms. The average molecular weight is 191 g/mol. The highest BCUT2D eigenvalue weighted by molar-refractivity contribution is 7.97. The van der Waals surface area contributed by atoms with E-state index in [1.54, 1.807) is 11.9 Å². The van der Waals surface area contributed by atoms with Gasteiger partial charge in [-0.1, -0.05) is 12.1 Å². The Morgan fingerprint density at radius 1 is 1.62 bits per heavy atom. The summed E-state index contributed by atoms with van der Waals surface area (Å²) < 4.78 is 1.83. The van der Waals surface area contributed by atoms with Crippen LogP contribution in [0.3, 0.4) is 0 Å². The van der Waals surface area contributed by atoms with Gasteiger partial charge in [0.2, 0.25) is 0 Å². The van der Waals surface area contributed by atoms with Crippen LogP contribution in [0.4, 0.5) is 5.69 Å². The number of hydrogen-bond acceptors (Lipinski definition) is 4. The van der Waals surface area contributed by atoms with Gasteiger partial charge in [-0.2, -0.15) is 5.26 Å². The first-order valence-electron chi connectivity index (χ1n) is 4.00. The van der Waals surface area contributed by atoms with Crippen LogP contribution in [-0.2, 0) is 0 Å². The monoisotopic (exact) mass is 191 g/mol. The number of hydrogen-bond donors (Lipinski definition) is 1. The molecule has 0 spiro atoms. The Kier molecular flexibility index (Phi) is 2.13. The summed E-state index contributed by atoms with van der Waals surface area (Å²) in [6, 6.07) is 8.21. The molecule has 0 saturated carbocycles. The molecular formula is C9H9N3S. The van der Waals surface area contributed by atoms with Crippen molar-refractivity contribution in [2.75, 3.05) is 12.0 Å². The van der Waals surface area contributed by atoms with Crippen molar-refractivity contribution in [3.8, 4) is 6.07 Å². The van der Waals surface area contributed by atoms with E-state index in [-0.39, 0.29) is 0 Å². The highest BCUT2D eigenvalue weighted by Gasteiger charge is 2.19. The van der Waals surface area contributed by atoms with E-state index < -0.39 is 0 Å². The van der Waals surface area contributed by atoms with E-state index in [0.717, 1.165) is 5.69 Å². The Balaban J connectivity index is 2.26. The maximum absolute atomic E-state index is 8.53. The zero-order valence-corrected chi connectivity index (χ0v) is 8.06. The number of hydrazine groups is 1. The largest absolute Gasteiger partial charge is 0.307 e. The molecule has 1 aliphatic heterocycles. The molecule has 0 fully saturated rings. The Morgan fingerprint density at radius 2 is 2.46 bits per heavy atom. The van der Waals surface area contributed by atoms with Crippen molar-refractivity contribution >= 4 is 17.6 Å². The first kappa shape index (κ1) is 8.42. The summed E-state index contributed by atoms with van der Waals surface area (Å²) in [7, 11) is 0. The summed E-state index contributed by atoms with van der Waals surface area (Å²) in [5.41, 5.74) is 5.49. The number of anilines is 1. The molecule has 1 aromatic rings. The maximum Gasteiger partial charge on any atom is 0.117 e. The van der Waals surface area contributed by atoms with Gasteiger partial charge in [-0.25, -0.2) is 0 Å². The lowest BCUT2D eigenvalue weighted by Crippen LogP contribution is -2.17. The van der Waals surface area contributed by atoms with Crippen LogP contribution in [0.2, 0.25) is 0 Å².